The van der Waals surface area contributed by atoms with Crippen molar-refractivity contribution in [1.82, 2.24) is 4.90 Å². The minimum Gasteiger partial charge on any atom is -0.497 e. The second kappa shape index (κ2) is 8.85. The van der Waals surface area contributed by atoms with Crippen molar-refractivity contribution < 1.29 is 23.7 Å². The number of amides is 2. The minimum atomic E-state index is -0.245. The third-order valence-electron chi connectivity index (χ3n) is 3.98. The zero-order chi connectivity index (χ0) is 19.2. The van der Waals surface area contributed by atoms with Crippen LogP contribution in [0.25, 0.3) is 0 Å². The highest BCUT2D eigenvalue weighted by Gasteiger charge is 2.17. The van der Waals surface area contributed by atoms with Gasteiger partial charge >= 0.3 is 6.03 Å². The highest BCUT2D eigenvalue weighted by atomic mass is 79.9. The summed E-state index contributed by atoms with van der Waals surface area (Å²) in [7, 11) is 3.32. The first-order valence-corrected chi connectivity index (χ1v) is 9.24. The van der Waals surface area contributed by atoms with E-state index >= 15 is 0 Å². The molecule has 0 bridgehead atoms. The van der Waals surface area contributed by atoms with Gasteiger partial charge in [0.1, 0.15) is 31.3 Å². The van der Waals surface area contributed by atoms with Crippen molar-refractivity contribution in [3.8, 4) is 23.0 Å². The zero-order valence-corrected chi connectivity index (χ0v) is 16.7. The van der Waals surface area contributed by atoms with Gasteiger partial charge in [0, 0.05) is 23.7 Å². The molecule has 0 radical (unpaired) electrons. The molecule has 0 aromatic heterocycles. The third kappa shape index (κ3) is 4.97. The van der Waals surface area contributed by atoms with Crippen LogP contribution in [-0.4, -0.2) is 51.5 Å². The Kier molecular flexibility index (Phi) is 6.28. The number of anilines is 1. The van der Waals surface area contributed by atoms with Gasteiger partial charge in [-0.3, -0.25) is 0 Å². The summed E-state index contributed by atoms with van der Waals surface area (Å²) >= 11 is 3.44. The summed E-state index contributed by atoms with van der Waals surface area (Å²) in [5.74, 6) is 2.76. The van der Waals surface area contributed by atoms with E-state index in [0.717, 1.165) is 16.0 Å². The standard InChI is InChI=1S/C19H21BrN2O5/c1-22(7-8-25-14-5-3-13(24-2)4-6-14)19(23)21-16-12-18-17(11-15(16)20)26-9-10-27-18/h3-6,11-12H,7-10H2,1-2H3,(H,21,23). The summed E-state index contributed by atoms with van der Waals surface area (Å²) in [6.07, 6.45) is 0. The quantitative estimate of drug-likeness (QED) is 0.745. The Labute approximate surface area is 166 Å². The van der Waals surface area contributed by atoms with Gasteiger partial charge in [0.25, 0.3) is 0 Å². The number of hydrogen-bond acceptors (Lipinski definition) is 5. The fourth-order valence-electron chi connectivity index (χ4n) is 2.44. The van der Waals surface area contributed by atoms with E-state index < -0.39 is 0 Å². The van der Waals surface area contributed by atoms with E-state index in [1.54, 1.807) is 31.2 Å². The van der Waals surface area contributed by atoms with E-state index in [1.807, 2.05) is 24.3 Å². The summed E-state index contributed by atoms with van der Waals surface area (Å²) in [5.41, 5.74) is 0.618. The molecule has 0 spiro atoms. The largest absolute Gasteiger partial charge is 0.497 e. The molecule has 0 fully saturated rings. The van der Waals surface area contributed by atoms with Crippen LogP contribution in [0, 0.1) is 0 Å². The predicted octanol–water partition coefficient (Wildman–Crippen LogP) is 3.77. The molecule has 2 aromatic carbocycles. The molecule has 0 aliphatic carbocycles. The van der Waals surface area contributed by atoms with Crippen LogP contribution >= 0.6 is 15.9 Å². The molecule has 1 N–H and O–H groups in total. The summed E-state index contributed by atoms with van der Waals surface area (Å²) < 4.78 is 22.6. The van der Waals surface area contributed by atoms with Crippen LogP contribution in [-0.2, 0) is 0 Å². The SMILES string of the molecule is COc1ccc(OCCN(C)C(=O)Nc2cc3c(cc2Br)OCCO3)cc1. The molecule has 8 heteroatoms. The molecule has 1 heterocycles. The lowest BCUT2D eigenvalue weighted by Crippen LogP contribution is -2.34. The number of benzene rings is 2. The molecule has 1 aliphatic rings. The van der Waals surface area contributed by atoms with Gasteiger partial charge in [0.2, 0.25) is 0 Å². The average Bonchev–Trinajstić information content (AvgIpc) is 2.69. The number of ether oxygens (including phenoxy) is 4. The van der Waals surface area contributed by atoms with Gasteiger partial charge in [-0.15, -0.1) is 0 Å². The summed E-state index contributed by atoms with van der Waals surface area (Å²) in [4.78, 5) is 14.0. The van der Waals surface area contributed by atoms with Gasteiger partial charge in [0.05, 0.1) is 19.3 Å². The first-order valence-electron chi connectivity index (χ1n) is 8.45. The lowest BCUT2D eigenvalue weighted by Gasteiger charge is -2.22. The lowest BCUT2D eigenvalue weighted by atomic mass is 10.2. The van der Waals surface area contributed by atoms with Gasteiger partial charge < -0.3 is 29.2 Å². The van der Waals surface area contributed by atoms with Crippen LogP contribution < -0.4 is 24.3 Å². The molecule has 3 rings (SSSR count). The second-order valence-electron chi connectivity index (χ2n) is 5.85. The molecule has 144 valence electrons. The van der Waals surface area contributed by atoms with Crippen LogP contribution in [0.3, 0.4) is 0 Å². The molecule has 0 unspecified atom stereocenters. The maximum absolute atomic E-state index is 12.4. The maximum atomic E-state index is 12.4. The number of methoxy groups -OCH3 is 1. The monoisotopic (exact) mass is 436 g/mol. The molecule has 0 saturated carbocycles. The van der Waals surface area contributed by atoms with Crippen molar-refractivity contribution in [2.24, 2.45) is 0 Å². The number of nitrogens with one attached hydrogen (secondary N) is 1. The fourth-order valence-corrected chi connectivity index (χ4v) is 2.87. The number of halogens is 1. The van der Waals surface area contributed by atoms with E-state index in [4.69, 9.17) is 18.9 Å². The van der Waals surface area contributed by atoms with Crippen LogP contribution in [0.2, 0.25) is 0 Å². The molecular formula is C19H21BrN2O5. The number of fused-ring (bicyclic) bond motifs is 1. The Morgan fingerprint density at radius 2 is 1.78 bits per heavy atom. The van der Waals surface area contributed by atoms with Crippen molar-refractivity contribution in [2.75, 3.05) is 45.8 Å². The highest BCUT2D eigenvalue weighted by molar-refractivity contribution is 9.10. The smallest absolute Gasteiger partial charge is 0.321 e. The molecule has 0 saturated heterocycles. The van der Waals surface area contributed by atoms with E-state index in [0.29, 0.717) is 43.6 Å². The Morgan fingerprint density at radius 1 is 1.15 bits per heavy atom. The number of carbonyl (C=O) groups excluding carboxylic acids is 1. The number of carbonyl (C=O) groups is 1. The first-order chi connectivity index (χ1) is 13.1. The highest BCUT2D eigenvalue weighted by Crippen LogP contribution is 2.38. The molecule has 7 nitrogen and oxygen atoms in total. The van der Waals surface area contributed by atoms with Crippen LogP contribution in [0.5, 0.6) is 23.0 Å². The Morgan fingerprint density at radius 3 is 2.44 bits per heavy atom. The summed E-state index contributed by atoms with van der Waals surface area (Å²) in [6, 6.07) is 10.6. The van der Waals surface area contributed by atoms with Gasteiger partial charge in [-0.1, -0.05) is 0 Å². The number of urea groups is 1. The van der Waals surface area contributed by atoms with Gasteiger partial charge in [-0.2, -0.15) is 0 Å². The van der Waals surface area contributed by atoms with E-state index in [9.17, 15) is 4.79 Å². The minimum absolute atomic E-state index is 0.245. The second-order valence-corrected chi connectivity index (χ2v) is 6.71. The van der Waals surface area contributed by atoms with Crippen molar-refractivity contribution >= 4 is 27.6 Å². The van der Waals surface area contributed by atoms with Crippen LogP contribution in [0.1, 0.15) is 0 Å². The number of likely N-dealkylation sites (N-methyl/N-ethyl adjacent to an activating group) is 1. The summed E-state index contributed by atoms with van der Waals surface area (Å²) in [6.45, 7) is 1.81. The van der Waals surface area contributed by atoms with Crippen molar-refractivity contribution in [3.05, 3.63) is 40.9 Å². The number of nitrogens with zero attached hydrogens (tertiary/aromatic N) is 1. The maximum Gasteiger partial charge on any atom is 0.321 e. The molecule has 0 atom stereocenters. The molecule has 2 amide bonds. The van der Waals surface area contributed by atoms with Crippen molar-refractivity contribution in [3.63, 3.8) is 0 Å². The van der Waals surface area contributed by atoms with Gasteiger partial charge in [-0.25, -0.2) is 4.79 Å². The summed E-state index contributed by atoms with van der Waals surface area (Å²) in [5, 5.41) is 2.86. The normalized spacial score (nSPS) is 12.3. The number of rotatable bonds is 6. The predicted molar refractivity (Wildman–Crippen MR) is 105 cm³/mol. The Balaban J connectivity index is 1.51. The third-order valence-corrected chi connectivity index (χ3v) is 4.63. The lowest BCUT2D eigenvalue weighted by molar-refractivity contribution is 0.171. The first kappa shape index (κ1) is 19.2. The fraction of sp³-hybridized carbons (Fsp3) is 0.316. The topological polar surface area (TPSA) is 69.3 Å². The molecule has 1 aliphatic heterocycles. The van der Waals surface area contributed by atoms with Crippen molar-refractivity contribution in [1.29, 1.82) is 0 Å². The Hall–Kier alpha value is -2.61. The zero-order valence-electron chi connectivity index (χ0n) is 15.2. The van der Waals surface area contributed by atoms with E-state index in [-0.39, 0.29) is 6.03 Å². The number of hydrogen-bond donors (Lipinski definition) is 1. The average molecular weight is 437 g/mol. The molecule has 2 aromatic rings. The van der Waals surface area contributed by atoms with E-state index in [1.165, 1.54) is 0 Å². The van der Waals surface area contributed by atoms with Gasteiger partial charge in [0.15, 0.2) is 11.5 Å². The Bertz CT molecular complexity index is 797. The van der Waals surface area contributed by atoms with Gasteiger partial charge in [-0.05, 0) is 40.2 Å². The molecule has 27 heavy (non-hydrogen) atoms. The molecular weight excluding hydrogens is 416 g/mol. The van der Waals surface area contributed by atoms with E-state index in [2.05, 4.69) is 21.2 Å². The van der Waals surface area contributed by atoms with Crippen molar-refractivity contribution in [2.45, 2.75) is 0 Å². The van der Waals surface area contributed by atoms with Crippen LogP contribution in [0.4, 0.5) is 10.5 Å². The van der Waals surface area contributed by atoms with Crippen LogP contribution in [0.15, 0.2) is 40.9 Å².